The predicted octanol–water partition coefficient (Wildman–Crippen LogP) is 2.00. The lowest BCUT2D eigenvalue weighted by atomic mass is 9.88. The van der Waals surface area contributed by atoms with Crippen molar-refractivity contribution >= 4 is 0 Å². The molecule has 2 heteroatoms. The van der Waals surface area contributed by atoms with E-state index in [1.807, 2.05) is 0 Å². The lowest BCUT2D eigenvalue weighted by Crippen LogP contribution is -2.38. The van der Waals surface area contributed by atoms with E-state index in [0.717, 1.165) is 25.4 Å². The zero-order valence-electron chi connectivity index (χ0n) is 10.2. The van der Waals surface area contributed by atoms with Crippen molar-refractivity contribution in [3.63, 3.8) is 0 Å². The monoisotopic (exact) mass is 198 g/mol. The van der Waals surface area contributed by atoms with Crippen LogP contribution in [0.3, 0.4) is 0 Å². The standard InChI is InChI=1S/C12H26N2/c1-5-12(4,8-13)9-14-7-10-6-11(10,2)3/h10,14H,5-9,13H2,1-4H3. The minimum atomic E-state index is 0.291. The Hall–Kier alpha value is -0.0800. The first kappa shape index (κ1) is 12.0. The summed E-state index contributed by atoms with van der Waals surface area (Å²) in [7, 11) is 0. The fraction of sp³-hybridized carbons (Fsp3) is 1.00. The van der Waals surface area contributed by atoms with Crippen LogP contribution in [0.4, 0.5) is 0 Å². The van der Waals surface area contributed by atoms with Gasteiger partial charge in [0.15, 0.2) is 0 Å². The number of hydrogen-bond acceptors (Lipinski definition) is 2. The first-order chi connectivity index (χ1) is 6.43. The van der Waals surface area contributed by atoms with Crippen molar-refractivity contribution in [1.82, 2.24) is 5.32 Å². The second-order valence-corrected chi connectivity index (χ2v) is 5.89. The van der Waals surface area contributed by atoms with Gasteiger partial charge in [-0.1, -0.05) is 27.7 Å². The first-order valence-electron chi connectivity index (χ1n) is 5.84. The fourth-order valence-electron chi connectivity index (χ4n) is 1.81. The van der Waals surface area contributed by atoms with E-state index < -0.39 is 0 Å². The quantitative estimate of drug-likeness (QED) is 0.685. The number of rotatable bonds is 6. The average Bonchev–Trinajstić information content (AvgIpc) is 2.74. The Bertz CT molecular complexity index is 183. The largest absolute Gasteiger partial charge is 0.330 e. The first-order valence-corrected chi connectivity index (χ1v) is 5.84. The summed E-state index contributed by atoms with van der Waals surface area (Å²) in [5.74, 6) is 0.890. The third-order valence-corrected chi connectivity index (χ3v) is 4.01. The maximum atomic E-state index is 5.76. The summed E-state index contributed by atoms with van der Waals surface area (Å²) in [4.78, 5) is 0. The molecular formula is C12H26N2. The van der Waals surface area contributed by atoms with Crippen molar-refractivity contribution in [3.05, 3.63) is 0 Å². The van der Waals surface area contributed by atoms with E-state index >= 15 is 0 Å². The van der Waals surface area contributed by atoms with Crippen LogP contribution in [0.5, 0.6) is 0 Å². The van der Waals surface area contributed by atoms with E-state index in [1.165, 1.54) is 13.0 Å². The SMILES string of the molecule is CCC(C)(CN)CNCC1CC1(C)C. The van der Waals surface area contributed by atoms with E-state index in [1.54, 1.807) is 0 Å². The van der Waals surface area contributed by atoms with E-state index in [2.05, 4.69) is 33.0 Å². The molecule has 14 heavy (non-hydrogen) atoms. The van der Waals surface area contributed by atoms with Crippen LogP contribution in [0.1, 0.15) is 40.5 Å². The highest BCUT2D eigenvalue weighted by molar-refractivity contribution is 4.96. The Labute approximate surface area is 88.6 Å². The van der Waals surface area contributed by atoms with Crippen LogP contribution < -0.4 is 11.1 Å². The zero-order valence-corrected chi connectivity index (χ0v) is 10.2. The van der Waals surface area contributed by atoms with Crippen LogP contribution in [0.2, 0.25) is 0 Å². The number of nitrogens with two attached hydrogens (primary N) is 1. The molecule has 1 saturated carbocycles. The van der Waals surface area contributed by atoms with Crippen molar-refractivity contribution in [2.45, 2.75) is 40.5 Å². The van der Waals surface area contributed by atoms with Gasteiger partial charge in [-0.05, 0) is 42.7 Å². The van der Waals surface area contributed by atoms with Gasteiger partial charge < -0.3 is 11.1 Å². The summed E-state index contributed by atoms with van der Waals surface area (Å²) in [6.45, 7) is 12.2. The Balaban J connectivity index is 2.15. The van der Waals surface area contributed by atoms with Gasteiger partial charge >= 0.3 is 0 Å². The van der Waals surface area contributed by atoms with Gasteiger partial charge in [-0.3, -0.25) is 0 Å². The van der Waals surface area contributed by atoms with Crippen LogP contribution in [0.25, 0.3) is 0 Å². The average molecular weight is 198 g/mol. The normalized spacial score (nSPS) is 28.5. The van der Waals surface area contributed by atoms with Gasteiger partial charge in [0, 0.05) is 6.54 Å². The Kier molecular flexibility index (Phi) is 3.59. The van der Waals surface area contributed by atoms with Gasteiger partial charge in [-0.25, -0.2) is 0 Å². The van der Waals surface area contributed by atoms with Gasteiger partial charge in [-0.2, -0.15) is 0 Å². The molecular weight excluding hydrogens is 172 g/mol. The molecule has 0 spiro atoms. The minimum Gasteiger partial charge on any atom is -0.330 e. The van der Waals surface area contributed by atoms with Gasteiger partial charge in [0.25, 0.3) is 0 Å². The van der Waals surface area contributed by atoms with Crippen LogP contribution in [-0.4, -0.2) is 19.6 Å². The second kappa shape index (κ2) is 4.19. The maximum absolute atomic E-state index is 5.76. The summed E-state index contributed by atoms with van der Waals surface area (Å²) in [5, 5.41) is 3.57. The van der Waals surface area contributed by atoms with Crippen molar-refractivity contribution in [3.8, 4) is 0 Å². The molecule has 0 radical (unpaired) electrons. The molecule has 3 N–H and O–H groups in total. The van der Waals surface area contributed by atoms with E-state index in [9.17, 15) is 0 Å². The molecule has 0 heterocycles. The molecule has 0 amide bonds. The minimum absolute atomic E-state index is 0.291. The zero-order chi connectivity index (χ0) is 10.8. The Morgan fingerprint density at radius 1 is 1.50 bits per heavy atom. The molecule has 1 aliphatic carbocycles. The molecule has 2 unspecified atom stereocenters. The van der Waals surface area contributed by atoms with E-state index in [-0.39, 0.29) is 0 Å². The highest BCUT2D eigenvalue weighted by Crippen LogP contribution is 2.51. The maximum Gasteiger partial charge on any atom is 0.00173 e. The van der Waals surface area contributed by atoms with Crippen molar-refractivity contribution in [2.24, 2.45) is 22.5 Å². The molecule has 0 aliphatic heterocycles. The summed E-state index contributed by atoms with van der Waals surface area (Å²) < 4.78 is 0. The lowest BCUT2D eigenvalue weighted by Gasteiger charge is -2.26. The predicted molar refractivity (Wildman–Crippen MR) is 62.2 cm³/mol. The van der Waals surface area contributed by atoms with Crippen LogP contribution >= 0.6 is 0 Å². The molecule has 0 saturated heterocycles. The molecule has 0 aromatic heterocycles. The molecule has 2 atom stereocenters. The smallest absolute Gasteiger partial charge is 0.00173 e. The Morgan fingerprint density at radius 3 is 2.43 bits per heavy atom. The van der Waals surface area contributed by atoms with E-state index in [4.69, 9.17) is 5.73 Å². The molecule has 1 fully saturated rings. The summed E-state index contributed by atoms with van der Waals surface area (Å²) in [5.41, 5.74) is 6.65. The topological polar surface area (TPSA) is 38.0 Å². The summed E-state index contributed by atoms with van der Waals surface area (Å²) in [6, 6.07) is 0. The van der Waals surface area contributed by atoms with Crippen LogP contribution in [0.15, 0.2) is 0 Å². The molecule has 1 aliphatic rings. The third-order valence-electron chi connectivity index (χ3n) is 4.01. The third kappa shape index (κ3) is 2.96. The number of hydrogen-bond donors (Lipinski definition) is 2. The van der Waals surface area contributed by atoms with Crippen LogP contribution in [0, 0.1) is 16.7 Å². The summed E-state index contributed by atoms with van der Waals surface area (Å²) >= 11 is 0. The highest BCUT2D eigenvalue weighted by Gasteiger charge is 2.44. The van der Waals surface area contributed by atoms with Crippen molar-refractivity contribution < 1.29 is 0 Å². The summed E-state index contributed by atoms with van der Waals surface area (Å²) in [6.07, 6.45) is 2.54. The molecule has 0 aromatic carbocycles. The van der Waals surface area contributed by atoms with Crippen LogP contribution in [-0.2, 0) is 0 Å². The second-order valence-electron chi connectivity index (χ2n) is 5.89. The van der Waals surface area contributed by atoms with Crippen molar-refractivity contribution in [1.29, 1.82) is 0 Å². The molecule has 0 bridgehead atoms. The van der Waals surface area contributed by atoms with E-state index in [0.29, 0.717) is 10.8 Å². The molecule has 1 rings (SSSR count). The Morgan fingerprint density at radius 2 is 2.07 bits per heavy atom. The molecule has 0 aromatic rings. The fourth-order valence-corrected chi connectivity index (χ4v) is 1.81. The van der Waals surface area contributed by atoms with Gasteiger partial charge in [0.1, 0.15) is 0 Å². The molecule has 2 nitrogen and oxygen atoms in total. The van der Waals surface area contributed by atoms with Gasteiger partial charge in [-0.15, -0.1) is 0 Å². The molecule has 84 valence electrons. The highest BCUT2D eigenvalue weighted by atomic mass is 14.9. The number of nitrogens with one attached hydrogen (secondary N) is 1. The van der Waals surface area contributed by atoms with Gasteiger partial charge in [0.05, 0.1) is 0 Å². The van der Waals surface area contributed by atoms with Gasteiger partial charge in [0.2, 0.25) is 0 Å². The van der Waals surface area contributed by atoms with Crippen molar-refractivity contribution in [2.75, 3.05) is 19.6 Å². The lowest BCUT2D eigenvalue weighted by molar-refractivity contribution is 0.299.